The van der Waals surface area contributed by atoms with Gasteiger partial charge >= 0.3 is 0 Å². The normalized spacial score (nSPS) is 11.3. The van der Waals surface area contributed by atoms with Gasteiger partial charge < -0.3 is 4.52 Å². The van der Waals surface area contributed by atoms with Crippen molar-refractivity contribution in [3.05, 3.63) is 88.5 Å². The molecule has 6 nitrogen and oxygen atoms in total. The lowest BCUT2D eigenvalue weighted by molar-refractivity contribution is 0.420. The Labute approximate surface area is 174 Å². The van der Waals surface area contributed by atoms with Crippen molar-refractivity contribution < 1.29 is 8.91 Å². The summed E-state index contributed by atoms with van der Waals surface area (Å²) in [5.74, 6) is 0.268. The average Bonchev–Trinajstić information content (AvgIpc) is 3.36. The van der Waals surface area contributed by atoms with Crippen LogP contribution in [-0.4, -0.2) is 19.7 Å². The lowest BCUT2D eigenvalue weighted by Gasteiger charge is -2.02. The monoisotopic (exact) mass is 418 g/mol. The van der Waals surface area contributed by atoms with E-state index >= 15 is 0 Å². The standard InChI is InChI=1S/C22H15FN4O2S/c1-13-18-21(30-19(13)14-5-3-2-4-6-14)24-12-27(22(18)28)11-17-25-20(29-26-17)15-7-9-16(23)10-8-15/h2-10,12H,11H2,1H3. The molecular formula is C22H15FN4O2S. The van der Waals surface area contributed by atoms with E-state index in [-0.39, 0.29) is 23.8 Å². The maximum Gasteiger partial charge on any atom is 0.262 e. The molecule has 0 amide bonds. The van der Waals surface area contributed by atoms with Crippen LogP contribution in [0, 0.1) is 12.7 Å². The Morgan fingerprint density at radius 3 is 2.60 bits per heavy atom. The molecule has 3 aromatic heterocycles. The van der Waals surface area contributed by atoms with Crippen LogP contribution in [-0.2, 0) is 6.54 Å². The highest BCUT2D eigenvalue weighted by molar-refractivity contribution is 7.22. The molecule has 5 aromatic rings. The first-order valence-electron chi connectivity index (χ1n) is 9.22. The number of aryl methyl sites for hydroxylation is 1. The Kier molecular flexibility index (Phi) is 4.48. The van der Waals surface area contributed by atoms with Gasteiger partial charge in [-0.15, -0.1) is 11.3 Å². The molecule has 0 spiro atoms. The number of aromatic nitrogens is 4. The van der Waals surface area contributed by atoms with E-state index in [2.05, 4.69) is 15.1 Å². The van der Waals surface area contributed by atoms with Crippen LogP contribution in [0.15, 0.2) is 70.2 Å². The van der Waals surface area contributed by atoms with Crippen molar-refractivity contribution in [1.82, 2.24) is 19.7 Å². The Hall–Kier alpha value is -3.65. The minimum absolute atomic E-state index is 0.127. The van der Waals surface area contributed by atoms with Crippen LogP contribution < -0.4 is 5.56 Å². The van der Waals surface area contributed by atoms with Crippen molar-refractivity contribution in [3.63, 3.8) is 0 Å². The van der Waals surface area contributed by atoms with E-state index < -0.39 is 0 Å². The van der Waals surface area contributed by atoms with Crippen molar-refractivity contribution in [2.45, 2.75) is 13.5 Å². The Morgan fingerprint density at radius 1 is 1.07 bits per heavy atom. The van der Waals surface area contributed by atoms with E-state index in [9.17, 15) is 9.18 Å². The molecule has 0 bridgehead atoms. The summed E-state index contributed by atoms with van der Waals surface area (Å²) in [6.07, 6.45) is 1.50. The predicted molar refractivity (Wildman–Crippen MR) is 113 cm³/mol. The van der Waals surface area contributed by atoms with Crippen LogP contribution in [0.4, 0.5) is 4.39 Å². The van der Waals surface area contributed by atoms with Crippen LogP contribution in [0.3, 0.4) is 0 Å². The van der Waals surface area contributed by atoms with Gasteiger partial charge in [-0.25, -0.2) is 9.37 Å². The maximum atomic E-state index is 13.1. The van der Waals surface area contributed by atoms with Gasteiger partial charge in [-0.3, -0.25) is 9.36 Å². The molecule has 0 saturated heterocycles. The molecule has 30 heavy (non-hydrogen) atoms. The van der Waals surface area contributed by atoms with Crippen LogP contribution in [0.2, 0.25) is 0 Å². The smallest absolute Gasteiger partial charge is 0.262 e. The number of nitrogens with zero attached hydrogens (tertiary/aromatic N) is 4. The van der Waals surface area contributed by atoms with Gasteiger partial charge in [-0.1, -0.05) is 35.5 Å². The first kappa shape index (κ1) is 18.4. The summed E-state index contributed by atoms with van der Waals surface area (Å²) < 4.78 is 19.8. The van der Waals surface area contributed by atoms with E-state index in [1.165, 1.54) is 34.4 Å². The van der Waals surface area contributed by atoms with Crippen molar-refractivity contribution in [1.29, 1.82) is 0 Å². The number of halogens is 1. The van der Waals surface area contributed by atoms with Gasteiger partial charge in [0.25, 0.3) is 11.4 Å². The number of fused-ring (bicyclic) bond motifs is 1. The number of thiophene rings is 1. The van der Waals surface area contributed by atoms with E-state index in [0.717, 1.165) is 16.0 Å². The third-order valence-corrected chi connectivity index (χ3v) is 6.07. The quantitative estimate of drug-likeness (QED) is 0.424. The van der Waals surface area contributed by atoms with Gasteiger partial charge in [0, 0.05) is 10.4 Å². The van der Waals surface area contributed by atoms with Crippen molar-refractivity contribution in [2.24, 2.45) is 0 Å². The fourth-order valence-electron chi connectivity index (χ4n) is 3.32. The highest BCUT2D eigenvalue weighted by Gasteiger charge is 2.17. The summed E-state index contributed by atoms with van der Waals surface area (Å²) in [5, 5.41) is 4.54. The van der Waals surface area contributed by atoms with E-state index in [1.54, 1.807) is 12.1 Å². The number of benzene rings is 2. The molecule has 8 heteroatoms. The van der Waals surface area contributed by atoms with Crippen molar-refractivity contribution >= 4 is 21.6 Å². The summed E-state index contributed by atoms with van der Waals surface area (Å²) in [4.78, 5) is 23.6. The minimum Gasteiger partial charge on any atom is -0.334 e. The lowest BCUT2D eigenvalue weighted by atomic mass is 10.1. The summed E-state index contributed by atoms with van der Waals surface area (Å²) in [6.45, 7) is 2.07. The molecule has 0 aliphatic heterocycles. The van der Waals surface area contributed by atoms with Crippen molar-refractivity contribution in [3.8, 4) is 21.9 Å². The highest BCUT2D eigenvalue weighted by Crippen LogP contribution is 2.35. The van der Waals surface area contributed by atoms with Crippen LogP contribution >= 0.6 is 11.3 Å². The molecule has 0 aliphatic rings. The molecule has 0 saturated carbocycles. The maximum absolute atomic E-state index is 13.1. The molecule has 2 aromatic carbocycles. The zero-order valence-electron chi connectivity index (χ0n) is 15.9. The van der Waals surface area contributed by atoms with Gasteiger partial charge in [-0.2, -0.15) is 4.98 Å². The summed E-state index contributed by atoms with van der Waals surface area (Å²) >= 11 is 1.50. The molecule has 5 rings (SSSR count). The first-order chi connectivity index (χ1) is 14.6. The fourth-order valence-corrected chi connectivity index (χ4v) is 4.46. The van der Waals surface area contributed by atoms with Gasteiger partial charge in [0.05, 0.1) is 18.3 Å². The Bertz CT molecular complexity index is 1410. The second-order valence-electron chi connectivity index (χ2n) is 6.80. The second-order valence-corrected chi connectivity index (χ2v) is 7.80. The van der Waals surface area contributed by atoms with Gasteiger partial charge in [0.1, 0.15) is 10.6 Å². The fraction of sp³-hybridized carbons (Fsp3) is 0.0909. The summed E-state index contributed by atoms with van der Waals surface area (Å²) in [5.41, 5.74) is 2.43. The molecule has 0 fully saturated rings. The largest absolute Gasteiger partial charge is 0.334 e. The first-order valence-corrected chi connectivity index (χ1v) is 10.0. The number of hydrogen-bond acceptors (Lipinski definition) is 6. The Balaban J connectivity index is 1.50. The molecule has 0 atom stereocenters. The molecule has 0 aliphatic carbocycles. The zero-order valence-corrected chi connectivity index (χ0v) is 16.7. The van der Waals surface area contributed by atoms with Crippen LogP contribution in [0.5, 0.6) is 0 Å². The van der Waals surface area contributed by atoms with Gasteiger partial charge in [-0.05, 0) is 42.3 Å². The van der Waals surface area contributed by atoms with Crippen molar-refractivity contribution in [2.75, 3.05) is 0 Å². The van der Waals surface area contributed by atoms with Gasteiger partial charge in [0.15, 0.2) is 5.82 Å². The predicted octanol–water partition coefficient (Wildman–Crippen LogP) is 4.67. The molecule has 0 radical (unpaired) electrons. The minimum atomic E-state index is -0.342. The molecule has 148 valence electrons. The molecule has 0 N–H and O–H groups in total. The van der Waals surface area contributed by atoms with E-state index in [0.29, 0.717) is 21.6 Å². The highest BCUT2D eigenvalue weighted by atomic mass is 32.1. The lowest BCUT2D eigenvalue weighted by Crippen LogP contribution is -2.21. The SMILES string of the molecule is Cc1c(-c2ccccc2)sc2ncn(Cc3noc(-c4ccc(F)cc4)n3)c(=O)c12. The topological polar surface area (TPSA) is 73.8 Å². The molecular weight excluding hydrogens is 403 g/mol. The third-order valence-electron chi connectivity index (χ3n) is 4.82. The second kappa shape index (κ2) is 7.31. The summed E-state index contributed by atoms with van der Waals surface area (Å²) in [7, 11) is 0. The molecule has 3 heterocycles. The van der Waals surface area contributed by atoms with E-state index in [4.69, 9.17) is 4.52 Å². The van der Waals surface area contributed by atoms with Gasteiger partial charge in [0.2, 0.25) is 0 Å². The van der Waals surface area contributed by atoms with Crippen LogP contribution in [0.25, 0.3) is 32.1 Å². The zero-order chi connectivity index (χ0) is 20.7. The Morgan fingerprint density at radius 2 is 1.83 bits per heavy atom. The average molecular weight is 418 g/mol. The number of hydrogen-bond donors (Lipinski definition) is 0. The van der Waals surface area contributed by atoms with E-state index in [1.807, 2.05) is 37.3 Å². The molecule has 0 unspecified atom stereocenters. The third kappa shape index (κ3) is 3.21. The number of rotatable bonds is 4. The summed E-state index contributed by atoms with van der Waals surface area (Å²) in [6, 6.07) is 15.7. The van der Waals surface area contributed by atoms with Crippen LogP contribution in [0.1, 0.15) is 11.4 Å².